The molecule has 0 aromatic rings. The van der Waals surface area contributed by atoms with Crippen LogP contribution in [-0.2, 0) is 14.4 Å². The molecular weight excluding hydrogens is 84.0 g/mol. The highest BCUT2D eigenvalue weighted by molar-refractivity contribution is 5.44. The van der Waals surface area contributed by atoms with Crippen molar-refractivity contribution in [3.63, 3.8) is 0 Å². The summed E-state index contributed by atoms with van der Waals surface area (Å²) in [6, 6.07) is 0. The molecule has 0 rings (SSSR count). The third kappa shape index (κ3) is 14.2. The monoisotopic (exact) mass is 88.0 g/mol. The van der Waals surface area contributed by atoms with Gasteiger partial charge in [0.05, 0.1) is 0 Å². The second-order valence-electron chi connectivity index (χ2n) is 0.319. The molecule has 0 amide bonds. The van der Waals surface area contributed by atoms with E-state index in [-0.39, 0.29) is 6.15 Å². The van der Waals surface area contributed by atoms with Crippen LogP contribution in [-0.4, -0.2) is 12.4 Å². The highest BCUT2D eigenvalue weighted by Gasteiger charge is 1.24. The summed E-state index contributed by atoms with van der Waals surface area (Å²) in [4.78, 5) is 25.1. The molecule has 0 fully saturated rings. The fourth-order valence-corrected chi connectivity index (χ4v) is 0. The Bertz CT molecular complexity index is 51.1. The Hall–Kier alpha value is -0.950. The van der Waals surface area contributed by atoms with Crippen LogP contribution in [0.2, 0.25) is 0 Å². The van der Waals surface area contributed by atoms with E-state index < -0.39 is 0 Å². The van der Waals surface area contributed by atoms with Gasteiger partial charge in [-0.15, -0.1) is 0 Å². The summed E-state index contributed by atoms with van der Waals surface area (Å²) in [6.07, 6.45) is 1.00. The quantitative estimate of drug-likeness (QED) is 0.379. The number of carbonyl (C=O) groups is 1. The molecule has 0 atom stereocenters. The van der Waals surface area contributed by atoms with Gasteiger partial charge in [-0.3, -0.25) is 0 Å². The molecule has 0 saturated heterocycles. The fraction of sp³-hybridized carbons (Fsp3) is 0.333. The van der Waals surface area contributed by atoms with Crippen molar-refractivity contribution in [3.05, 3.63) is 0 Å². The fourth-order valence-electron chi connectivity index (χ4n) is 0. The number of carbonyl (C=O) groups excluding carboxylic acids is 3. The minimum atomic E-state index is 0.250. The van der Waals surface area contributed by atoms with Gasteiger partial charge in [-0.2, -0.15) is 9.59 Å². The van der Waals surface area contributed by atoms with Gasteiger partial charge in [-0.05, 0) is 6.92 Å². The predicted octanol–water partition coefficient (Wildman–Crippen LogP) is -0.378. The summed E-state index contributed by atoms with van der Waals surface area (Å²) in [5, 5.41) is 0. The van der Waals surface area contributed by atoms with Gasteiger partial charge in [-0.1, -0.05) is 0 Å². The van der Waals surface area contributed by atoms with Crippen LogP contribution in [0.25, 0.3) is 0 Å². The maximum atomic E-state index is 8.81. The molecule has 0 aromatic heterocycles. The molecular formula is C3H4O3. The van der Waals surface area contributed by atoms with Crippen LogP contribution in [0.3, 0.4) is 0 Å². The smallest absolute Gasteiger partial charge is 0.304 e. The van der Waals surface area contributed by atoms with Crippen molar-refractivity contribution in [1.82, 2.24) is 0 Å². The van der Waals surface area contributed by atoms with Crippen LogP contribution in [0.4, 0.5) is 0 Å². The average molecular weight is 88.1 g/mol. The van der Waals surface area contributed by atoms with Crippen LogP contribution in [0.1, 0.15) is 6.92 Å². The molecule has 0 unspecified atom stereocenters. The molecule has 3 nitrogen and oxygen atoms in total. The second-order valence-corrected chi connectivity index (χ2v) is 0.319. The van der Waals surface area contributed by atoms with E-state index in [4.69, 9.17) is 14.4 Å². The molecule has 0 aromatic carbocycles. The molecule has 0 radical (unpaired) electrons. The topological polar surface area (TPSA) is 51.2 Å². The lowest BCUT2D eigenvalue weighted by atomic mass is 11.0. The predicted molar refractivity (Wildman–Crippen MR) is 16.7 cm³/mol. The third-order valence-corrected chi connectivity index (χ3v) is 0. The van der Waals surface area contributed by atoms with E-state index in [9.17, 15) is 0 Å². The van der Waals surface area contributed by atoms with Gasteiger partial charge in [0.15, 0.2) is 0 Å². The molecule has 0 aliphatic carbocycles. The Kier molecular flexibility index (Phi) is 50.7. The van der Waals surface area contributed by atoms with E-state index in [0.29, 0.717) is 0 Å². The van der Waals surface area contributed by atoms with Crippen molar-refractivity contribution in [2.45, 2.75) is 6.92 Å². The first-order chi connectivity index (χ1) is 2.83. The summed E-state index contributed by atoms with van der Waals surface area (Å²) >= 11 is 0. The minimum absolute atomic E-state index is 0.250. The molecule has 0 saturated carbocycles. The van der Waals surface area contributed by atoms with E-state index in [2.05, 4.69) is 0 Å². The van der Waals surface area contributed by atoms with Crippen LogP contribution in [0.5, 0.6) is 0 Å². The van der Waals surface area contributed by atoms with Crippen LogP contribution in [0, 0.1) is 0 Å². The number of aldehydes is 1. The summed E-state index contributed by atoms with van der Waals surface area (Å²) in [6.45, 7) is 1.44. The Labute approximate surface area is 35.0 Å². The lowest BCUT2D eigenvalue weighted by Crippen LogP contribution is -1.36. The zero-order valence-corrected chi connectivity index (χ0v) is 3.30. The van der Waals surface area contributed by atoms with Gasteiger partial charge >= 0.3 is 6.15 Å². The maximum Gasteiger partial charge on any atom is 0.373 e. The number of hydrogen-bond donors (Lipinski definition) is 0. The van der Waals surface area contributed by atoms with Crippen molar-refractivity contribution in [2.24, 2.45) is 0 Å². The Morgan fingerprint density at radius 3 is 1.50 bits per heavy atom. The first kappa shape index (κ1) is 8.90. The van der Waals surface area contributed by atoms with Gasteiger partial charge in [0.1, 0.15) is 6.29 Å². The Morgan fingerprint density at radius 2 is 1.50 bits per heavy atom. The minimum Gasteiger partial charge on any atom is -0.304 e. The van der Waals surface area contributed by atoms with E-state index in [1.165, 1.54) is 6.92 Å². The zero-order chi connectivity index (χ0) is 5.41. The SMILES string of the molecule is CC=O.O=C=O. The van der Waals surface area contributed by atoms with Crippen LogP contribution in [0.15, 0.2) is 0 Å². The highest BCUT2D eigenvalue weighted by atomic mass is 16.2. The summed E-state index contributed by atoms with van der Waals surface area (Å²) < 4.78 is 0. The first-order valence-corrected chi connectivity index (χ1v) is 1.22. The van der Waals surface area contributed by atoms with Gasteiger partial charge in [0.2, 0.25) is 0 Å². The molecule has 3 heteroatoms. The molecule has 0 aliphatic rings. The van der Waals surface area contributed by atoms with Crippen molar-refractivity contribution < 1.29 is 14.4 Å². The molecule has 0 bridgehead atoms. The second kappa shape index (κ2) is 34.2. The molecule has 6 heavy (non-hydrogen) atoms. The zero-order valence-electron chi connectivity index (χ0n) is 3.30. The van der Waals surface area contributed by atoms with Gasteiger partial charge < -0.3 is 4.79 Å². The molecule has 0 heterocycles. The molecule has 0 spiro atoms. The van der Waals surface area contributed by atoms with Crippen molar-refractivity contribution >= 4 is 12.4 Å². The molecule has 0 N–H and O–H groups in total. The Morgan fingerprint density at radius 1 is 1.50 bits per heavy atom. The van der Waals surface area contributed by atoms with Crippen LogP contribution < -0.4 is 0 Å². The largest absolute Gasteiger partial charge is 0.373 e. The molecule has 0 aliphatic heterocycles. The standard InChI is InChI=1S/C2H4O.CO2/c1-2-3;2-1-3/h2H,1H3;. The summed E-state index contributed by atoms with van der Waals surface area (Å²) in [7, 11) is 0. The van der Waals surface area contributed by atoms with Gasteiger partial charge in [0, 0.05) is 0 Å². The van der Waals surface area contributed by atoms with E-state index in [1.54, 1.807) is 0 Å². The lowest BCUT2D eigenvalue weighted by Gasteiger charge is -1.23. The summed E-state index contributed by atoms with van der Waals surface area (Å²) in [5.74, 6) is 0. The molecule has 34 valence electrons. The lowest BCUT2D eigenvalue weighted by molar-refractivity contribution is -0.191. The van der Waals surface area contributed by atoms with E-state index in [1.807, 2.05) is 0 Å². The van der Waals surface area contributed by atoms with Crippen molar-refractivity contribution in [2.75, 3.05) is 0 Å². The highest BCUT2D eigenvalue weighted by Crippen LogP contribution is 1.13. The van der Waals surface area contributed by atoms with Crippen molar-refractivity contribution in [1.29, 1.82) is 0 Å². The Balaban J connectivity index is 0. The first-order valence-electron chi connectivity index (χ1n) is 1.22. The number of hydrogen-bond acceptors (Lipinski definition) is 3. The average Bonchev–Trinajstić information content (AvgIpc) is 1.39. The van der Waals surface area contributed by atoms with E-state index >= 15 is 0 Å². The normalized spacial score (nSPS) is 3.50. The van der Waals surface area contributed by atoms with Crippen molar-refractivity contribution in [3.8, 4) is 0 Å². The van der Waals surface area contributed by atoms with E-state index in [0.717, 1.165) is 6.29 Å². The third-order valence-electron chi connectivity index (χ3n) is 0. The number of rotatable bonds is 0. The van der Waals surface area contributed by atoms with Gasteiger partial charge in [-0.25, -0.2) is 0 Å². The summed E-state index contributed by atoms with van der Waals surface area (Å²) in [5.41, 5.74) is 0. The van der Waals surface area contributed by atoms with Gasteiger partial charge in [0.25, 0.3) is 0 Å². The maximum absolute atomic E-state index is 8.81. The van der Waals surface area contributed by atoms with Crippen LogP contribution >= 0.6 is 0 Å².